The molecule has 0 bridgehead atoms. The van der Waals surface area contributed by atoms with Crippen molar-refractivity contribution in [2.75, 3.05) is 5.32 Å². The first-order valence-corrected chi connectivity index (χ1v) is 7.21. The largest absolute Gasteiger partial charge is 0.322 e. The Morgan fingerprint density at radius 3 is 2.62 bits per heavy atom. The van der Waals surface area contributed by atoms with E-state index in [0.29, 0.717) is 11.3 Å². The van der Waals surface area contributed by atoms with Crippen molar-refractivity contribution in [3.05, 3.63) is 64.4 Å². The minimum Gasteiger partial charge on any atom is -0.322 e. The summed E-state index contributed by atoms with van der Waals surface area (Å²) in [7, 11) is 0. The van der Waals surface area contributed by atoms with Crippen LogP contribution < -0.4 is 5.32 Å². The van der Waals surface area contributed by atoms with Crippen LogP contribution in [0.25, 0.3) is 11.0 Å². The smallest absolute Gasteiger partial charge is 0.256 e. The number of hydrogen-bond donors (Lipinski definition) is 1. The van der Waals surface area contributed by atoms with Gasteiger partial charge in [0.2, 0.25) is 0 Å². The number of hydrogen-bond acceptors (Lipinski definition) is 3. The highest BCUT2D eigenvalue weighted by Gasteiger charge is 2.11. The first kappa shape index (κ1) is 13.7. The number of anilines is 1. The van der Waals surface area contributed by atoms with Gasteiger partial charge in [-0.15, -0.1) is 0 Å². The number of nitrogens with zero attached hydrogens (tertiary/aromatic N) is 2. The zero-order chi connectivity index (χ0) is 14.8. The maximum atomic E-state index is 12.3. The summed E-state index contributed by atoms with van der Waals surface area (Å²) in [6, 6.07) is 11.1. The van der Waals surface area contributed by atoms with Crippen molar-refractivity contribution in [1.82, 2.24) is 9.97 Å². The second-order valence-corrected chi connectivity index (χ2v) is 5.55. The van der Waals surface area contributed by atoms with E-state index in [0.717, 1.165) is 21.1 Å². The van der Waals surface area contributed by atoms with Crippen LogP contribution in [0.5, 0.6) is 0 Å². The Balaban J connectivity index is 1.90. The van der Waals surface area contributed by atoms with Crippen LogP contribution in [0.3, 0.4) is 0 Å². The third-order valence-corrected chi connectivity index (χ3v) is 3.79. The number of halogens is 1. The van der Waals surface area contributed by atoms with Crippen LogP contribution in [0, 0.1) is 6.92 Å². The highest BCUT2D eigenvalue weighted by atomic mass is 79.9. The molecule has 2 aromatic carbocycles. The molecule has 21 heavy (non-hydrogen) atoms. The van der Waals surface area contributed by atoms with Crippen LogP contribution in [0.1, 0.15) is 15.9 Å². The third-order valence-electron chi connectivity index (χ3n) is 3.09. The minimum absolute atomic E-state index is 0.159. The van der Waals surface area contributed by atoms with Crippen molar-refractivity contribution in [3.63, 3.8) is 0 Å². The van der Waals surface area contributed by atoms with Gasteiger partial charge in [-0.2, -0.15) is 0 Å². The average molecular weight is 342 g/mol. The molecule has 4 nitrogen and oxygen atoms in total. The van der Waals surface area contributed by atoms with E-state index in [1.54, 1.807) is 12.4 Å². The number of rotatable bonds is 2. The van der Waals surface area contributed by atoms with Crippen LogP contribution in [0.15, 0.2) is 53.3 Å². The van der Waals surface area contributed by atoms with Gasteiger partial charge >= 0.3 is 0 Å². The molecule has 0 radical (unpaired) electrons. The Hall–Kier alpha value is -2.27. The Morgan fingerprint density at radius 1 is 1.05 bits per heavy atom. The first-order valence-electron chi connectivity index (χ1n) is 6.42. The maximum absolute atomic E-state index is 12.3. The summed E-state index contributed by atoms with van der Waals surface area (Å²) in [5, 5.41) is 2.88. The standard InChI is InChI=1S/C16H12BrN3O/c1-10-2-4-13(17)12(8-10)16(21)20-11-3-5-14-15(9-11)19-7-6-18-14/h2-9H,1H3,(H,20,21). The van der Waals surface area contributed by atoms with Crippen molar-refractivity contribution in [2.45, 2.75) is 6.92 Å². The van der Waals surface area contributed by atoms with Gasteiger partial charge in [0.25, 0.3) is 5.91 Å². The fourth-order valence-corrected chi connectivity index (χ4v) is 2.48. The number of carbonyl (C=O) groups excluding carboxylic acids is 1. The lowest BCUT2D eigenvalue weighted by Gasteiger charge is -2.08. The maximum Gasteiger partial charge on any atom is 0.256 e. The van der Waals surface area contributed by atoms with Gasteiger partial charge in [-0.05, 0) is 53.2 Å². The zero-order valence-corrected chi connectivity index (χ0v) is 12.9. The molecule has 1 heterocycles. The lowest BCUT2D eigenvalue weighted by Crippen LogP contribution is -2.12. The molecule has 0 atom stereocenters. The predicted octanol–water partition coefficient (Wildman–Crippen LogP) is 3.95. The van der Waals surface area contributed by atoms with Crippen LogP contribution in [0.2, 0.25) is 0 Å². The molecule has 0 aliphatic heterocycles. The summed E-state index contributed by atoms with van der Waals surface area (Å²) in [6.45, 7) is 1.95. The number of aryl methyl sites for hydroxylation is 1. The molecular formula is C16H12BrN3O. The molecule has 0 aliphatic rings. The summed E-state index contributed by atoms with van der Waals surface area (Å²) < 4.78 is 0.770. The number of fused-ring (bicyclic) bond motifs is 1. The van der Waals surface area contributed by atoms with Gasteiger partial charge in [-0.1, -0.05) is 11.6 Å². The molecule has 0 saturated carbocycles. The lowest BCUT2D eigenvalue weighted by atomic mass is 10.1. The molecule has 0 unspecified atom stereocenters. The average Bonchev–Trinajstić information content (AvgIpc) is 2.49. The van der Waals surface area contributed by atoms with Crippen LogP contribution in [-0.4, -0.2) is 15.9 Å². The third kappa shape index (κ3) is 2.92. The monoisotopic (exact) mass is 341 g/mol. The van der Waals surface area contributed by atoms with E-state index < -0.39 is 0 Å². The fraction of sp³-hybridized carbons (Fsp3) is 0.0625. The van der Waals surface area contributed by atoms with E-state index in [1.807, 2.05) is 43.3 Å². The summed E-state index contributed by atoms with van der Waals surface area (Å²) in [6.07, 6.45) is 3.27. The molecule has 0 aliphatic carbocycles. The number of carbonyl (C=O) groups is 1. The van der Waals surface area contributed by atoms with Crippen molar-refractivity contribution < 1.29 is 4.79 Å². The molecule has 0 spiro atoms. The zero-order valence-electron chi connectivity index (χ0n) is 11.3. The Labute approximate surface area is 130 Å². The highest BCUT2D eigenvalue weighted by molar-refractivity contribution is 9.10. The van der Waals surface area contributed by atoms with Gasteiger partial charge < -0.3 is 5.32 Å². The van der Waals surface area contributed by atoms with E-state index in [4.69, 9.17) is 0 Å². The van der Waals surface area contributed by atoms with E-state index in [1.165, 1.54) is 0 Å². The van der Waals surface area contributed by atoms with Gasteiger partial charge in [0, 0.05) is 22.6 Å². The van der Waals surface area contributed by atoms with Crippen LogP contribution in [0.4, 0.5) is 5.69 Å². The number of amides is 1. The van der Waals surface area contributed by atoms with Crippen molar-refractivity contribution in [3.8, 4) is 0 Å². The van der Waals surface area contributed by atoms with E-state index in [-0.39, 0.29) is 5.91 Å². The highest BCUT2D eigenvalue weighted by Crippen LogP contribution is 2.21. The van der Waals surface area contributed by atoms with Crippen LogP contribution >= 0.6 is 15.9 Å². The Morgan fingerprint density at radius 2 is 1.81 bits per heavy atom. The van der Waals surface area contributed by atoms with Gasteiger partial charge in [0.1, 0.15) is 0 Å². The molecular weight excluding hydrogens is 330 g/mol. The summed E-state index contributed by atoms with van der Waals surface area (Å²) in [4.78, 5) is 20.8. The predicted molar refractivity (Wildman–Crippen MR) is 86.4 cm³/mol. The topological polar surface area (TPSA) is 54.9 Å². The van der Waals surface area contributed by atoms with Crippen LogP contribution in [-0.2, 0) is 0 Å². The molecule has 3 rings (SSSR count). The summed E-state index contributed by atoms with van der Waals surface area (Å²) in [5.74, 6) is -0.159. The van der Waals surface area contributed by atoms with E-state index >= 15 is 0 Å². The lowest BCUT2D eigenvalue weighted by molar-refractivity contribution is 0.102. The summed E-state index contributed by atoms with van der Waals surface area (Å²) in [5.41, 5.74) is 3.88. The first-order chi connectivity index (χ1) is 10.1. The van der Waals surface area contributed by atoms with E-state index in [9.17, 15) is 4.79 Å². The van der Waals surface area contributed by atoms with Crippen molar-refractivity contribution in [2.24, 2.45) is 0 Å². The SMILES string of the molecule is Cc1ccc(Br)c(C(=O)Nc2ccc3nccnc3c2)c1. The van der Waals surface area contributed by atoms with Crippen molar-refractivity contribution >= 4 is 38.6 Å². The molecule has 1 N–H and O–H groups in total. The Bertz CT molecular complexity index is 833. The second kappa shape index (κ2) is 5.61. The quantitative estimate of drug-likeness (QED) is 0.767. The van der Waals surface area contributed by atoms with E-state index in [2.05, 4.69) is 31.2 Å². The molecule has 104 valence electrons. The van der Waals surface area contributed by atoms with Gasteiger partial charge in [-0.3, -0.25) is 14.8 Å². The molecule has 0 fully saturated rings. The van der Waals surface area contributed by atoms with Gasteiger partial charge in [0.05, 0.1) is 16.6 Å². The molecule has 0 saturated heterocycles. The number of aromatic nitrogens is 2. The van der Waals surface area contributed by atoms with Gasteiger partial charge in [-0.25, -0.2) is 0 Å². The van der Waals surface area contributed by atoms with Gasteiger partial charge in [0.15, 0.2) is 0 Å². The Kier molecular flexibility index (Phi) is 3.66. The number of benzene rings is 2. The molecule has 1 amide bonds. The fourth-order valence-electron chi connectivity index (χ4n) is 2.05. The summed E-state index contributed by atoms with van der Waals surface area (Å²) >= 11 is 3.40. The normalized spacial score (nSPS) is 10.6. The molecule has 1 aromatic heterocycles. The van der Waals surface area contributed by atoms with Crippen molar-refractivity contribution in [1.29, 1.82) is 0 Å². The number of nitrogens with one attached hydrogen (secondary N) is 1. The minimum atomic E-state index is -0.159. The molecule has 5 heteroatoms. The molecule has 3 aromatic rings. The second-order valence-electron chi connectivity index (χ2n) is 4.70.